The summed E-state index contributed by atoms with van der Waals surface area (Å²) in [6.07, 6.45) is 0.743. The number of carbonyl (C=O) groups is 1. The molecule has 0 spiro atoms. The number of hydrogen-bond donors (Lipinski definition) is 1. The number of benzene rings is 3. The van der Waals surface area contributed by atoms with Crippen molar-refractivity contribution in [3.63, 3.8) is 0 Å². The maximum Gasteiger partial charge on any atom is 0.168 e. The Kier molecular flexibility index (Phi) is 10.3. The van der Waals surface area contributed by atoms with Crippen LogP contribution >= 0.6 is 23.2 Å². The second-order valence-electron chi connectivity index (χ2n) is 9.24. The summed E-state index contributed by atoms with van der Waals surface area (Å²) in [6, 6.07) is 22.3. The molecular formula is C31H28Cl2N2O5S. The lowest BCUT2D eigenvalue weighted by Gasteiger charge is -2.11. The molecule has 0 fully saturated rings. The average molecular weight is 612 g/mol. The fraction of sp³-hybridized carbons (Fsp3) is 0.194. The first-order valence-corrected chi connectivity index (χ1v) is 14.7. The quantitative estimate of drug-likeness (QED) is 0.171. The molecule has 5 rings (SSSR count). The van der Waals surface area contributed by atoms with Gasteiger partial charge in [-0.2, -0.15) is 0 Å². The number of hydrogen-bond acceptors (Lipinski definition) is 7. The number of carbonyl (C=O) groups excluding carboxylic acids is 1. The molecule has 212 valence electrons. The van der Waals surface area contributed by atoms with E-state index in [0.717, 1.165) is 41.0 Å². The molecule has 3 aromatic carbocycles. The van der Waals surface area contributed by atoms with Crippen LogP contribution in [-0.2, 0) is 23.2 Å². The van der Waals surface area contributed by atoms with Gasteiger partial charge in [-0.15, -0.1) is 0 Å². The van der Waals surface area contributed by atoms with E-state index in [1.807, 2.05) is 62.4 Å². The van der Waals surface area contributed by atoms with Crippen molar-refractivity contribution < 1.29 is 23.4 Å². The van der Waals surface area contributed by atoms with E-state index in [0.29, 0.717) is 37.8 Å². The lowest BCUT2D eigenvalue weighted by atomic mass is 10.0. The topological polar surface area (TPSA) is 103 Å². The van der Waals surface area contributed by atoms with Crippen LogP contribution < -0.4 is 4.74 Å². The van der Waals surface area contributed by atoms with Crippen LogP contribution in [0.25, 0.3) is 22.0 Å². The van der Waals surface area contributed by atoms with Crippen LogP contribution in [0.4, 0.5) is 0 Å². The van der Waals surface area contributed by atoms with Gasteiger partial charge < -0.3 is 14.4 Å². The molecule has 0 aliphatic rings. The monoisotopic (exact) mass is 610 g/mol. The molecule has 5 aromatic rings. The van der Waals surface area contributed by atoms with Gasteiger partial charge in [-0.05, 0) is 53.6 Å². The summed E-state index contributed by atoms with van der Waals surface area (Å²) in [7, 11) is -0.516. The van der Waals surface area contributed by atoms with Gasteiger partial charge in [-0.1, -0.05) is 72.5 Å². The summed E-state index contributed by atoms with van der Waals surface area (Å²) in [4.78, 5) is 15.7. The molecule has 1 unspecified atom stereocenters. The highest BCUT2D eigenvalue weighted by atomic mass is 35.5. The maximum atomic E-state index is 13.1. The molecule has 1 atom stereocenters. The fourth-order valence-corrected chi connectivity index (χ4v) is 6.36. The molecule has 7 nitrogen and oxygen atoms in total. The molecule has 0 aliphatic carbocycles. The van der Waals surface area contributed by atoms with Crippen LogP contribution in [0.3, 0.4) is 0 Å². The van der Waals surface area contributed by atoms with Crippen LogP contribution in [0.15, 0.2) is 82.2 Å². The third-order valence-electron chi connectivity index (χ3n) is 6.24. The van der Waals surface area contributed by atoms with Crippen LogP contribution in [0.5, 0.6) is 5.75 Å². The molecule has 0 amide bonds. The van der Waals surface area contributed by atoms with E-state index in [1.54, 1.807) is 24.3 Å². The van der Waals surface area contributed by atoms with Crippen molar-refractivity contribution in [3.05, 3.63) is 106 Å². The Labute approximate surface area is 250 Å². The first-order valence-electron chi connectivity index (χ1n) is 12.7. The number of aliphatic hydroxyl groups excluding tert-OH is 1. The number of ether oxygens (including phenoxy) is 1. The van der Waals surface area contributed by atoms with Gasteiger partial charge >= 0.3 is 0 Å². The number of halogens is 2. The number of aromatic nitrogens is 2. The van der Waals surface area contributed by atoms with Gasteiger partial charge in [0.05, 0.1) is 42.6 Å². The number of nitrogens with zero attached hydrogens (tertiary/aromatic N) is 2. The Balaban J connectivity index is 0.00000189. The average Bonchev–Trinajstić information content (AvgIpc) is 3.39. The van der Waals surface area contributed by atoms with Gasteiger partial charge in [0.2, 0.25) is 0 Å². The molecule has 0 saturated carbocycles. The summed E-state index contributed by atoms with van der Waals surface area (Å²) >= 11 is 12.5. The van der Waals surface area contributed by atoms with Gasteiger partial charge in [0.15, 0.2) is 6.29 Å². The van der Waals surface area contributed by atoms with Gasteiger partial charge in [0.1, 0.15) is 29.5 Å². The fourth-order valence-electron chi connectivity index (χ4n) is 4.26. The van der Waals surface area contributed by atoms with E-state index < -0.39 is 10.8 Å². The predicted octanol–water partition coefficient (Wildman–Crippen LogP) is 7.63. The summed E-state index contributed by atoms with van der Waals surface area (Å²) in [5.41, 5.74) is 4.54. The minimum Gasteiger partial charge on any atom is -0.489 e. The summed E-state index contributed by atoms with van der Waals surface area (Å²) < 4.78 is 24.9. The van der Waals surface area contributed by atoms with Crippen molar-refractivity contribution in [1.82, 2.24) is 10.1 Å². The van der Waals surface area contributed by atoms with E-state index >= 15 is 0 Å². The van der Waals surface area contributed by atoms with Crippen LogP contribution in [0.1, 0.15) is 47.3 Å². The Morgan fingerprint density at radius 3 is 2.32 bits per heavy atom. The van der Waals surface area contributed by atoms with E-state index in [1.165, 1.54) is 0 Å². The molecule has 0 bridgehead atoms. The number of pyridine rings is 1. The standard InChI is InChI=1S/C30H24Cl2N2O4S.CH4O/c1-18(2)29-24(28(34-38-29)17-39(36)30-25(31)4-3-5-26(30)32)16-37-23-11-7-19(8-12-23)20-9-13-27-21(14-20)6-10-22(15-35)33-27;1-2/h3-15,18H,16-17H2,1-2H3;2H,1H3. The molecule has 41 heavy (non-hydrogen) atoms. The van der Waals surface area contributed by atoms with Crippen molar-refractivity contribution >= 4 is 51.2 Å². The SMILES string of the molecule is CC(C)c1onc(CS(=O)c2c(Cl)cccc2Cl)c1COc1ccc(-c2ccc3nc(C=O)ccc3c2)cc1.CO. The zero-order valence-electron chi connectivity index (χ0n) is 22.6. The molecule has 10 heteroatoms. The maximum absolute atomic E-state index is 13.1. The molecule has 2 aromatic heterocycles. The normalized spacial score (nSPS) is 11.7. The minimum absolute atomic E-state index is 0.0644. The Hall–Kier alpha value is -3.56. The highest BCUT2D eigenvalue weighted by molar-refractivity contribution is 7.84. The smallest absolute Gasteiger partial charge is 0.168 e. The van der Waals surface area contributed by atoms with Gasteiger partial charge in [0.25, 0.3) is 0 Å². The Bertz CT molecular complexity index is 1670. The minimum atomic E-state index is -1.52. The first kappa shape index (κ1) is 30.4. The summed E-state index contributed by atoms with van der Waals surface area (Å²) in [5.74, 6) is 1.53. The highest BCUT2D eigenvalue weighted by Gasteiger charge is 2.23. The second-order valence-corrected chi connectivity index (χ2v) is 11.4. The molecule has 0 saturated heterocycles. The van der Waals surface area contributed by atoms with E-state index in [-0.39, 0.29) is 18.3 Å². The molecule has 2 heterocycles. The van der Waals surface area contributed by atoms with Crippen LogP contribution in [0, 0.1) is 0 Å². The molecule has 0 aliphatic heterocycles. The van der Waals surface area contributed by atoms with Crippen molar-refractivity contribution in [2.45, 2.75) is 37.0 Å². The zero-order valence-corrected chi connectivity index (χ0v) is 25.0. The first-order chi connectivity index (χ1) is 19.8. The van der Waals surface area contributed by atoms with Gasteiger partial charge in [-0.25, -0.2) is 4.98 Å². The molecule has 0 radical (unpaired) electrons. The Morgan fingerprint density at radius 1 is 0.976 bits per heavy atom. The van der Waals surface area contributed by atoms with Gasteiger partial charge in [0, 0.05) is 18.4 Å². The number of fused-ring (bicyclic) bond motifs is 1. The van der Waals surface area contributed by atoms with E-state index in [9.17, 15) is 9.00 Å². The van der Waals surface area contributed by atoms with Crippen LogP contribution in [-0.4, -0.2) is 32.9 Å². The van der Waals surface area contributed by atoms with Crippen molar-refractivity contribution in [1.29, 1.82) is 0 Å². The number of rotatable bonds is 9. The van der Waals surface area contributed by atoms with Crippen molar-refractivity contribution in [2.75, 3.05) is 7.11 Å². The van der Waals surface area contributed by atoms with Crippen molar-refractivity contribution in [3.8, 4) is 16.9 Å². The van der Waals surface area contributed by atoms with Crippen molar-refractivity contribution in [2.24, 2.45) is 0 Å². The van der Waals surface area contributed by atoms with E-state index in [4.69, 9.17) is 37.6 Å². The highest BCUT2D eigenvalue weighted by Crippen LogP contribution is 2.32. The lowest BCUT2D eigenvalue weighted by molar-refractivity contribution is 0.111. The third-order valence-corrected chi connectivity index (χ3v) is 8.53. The van der Waals surface area contributed by atoms with Gasteiger partial charge in [-0.3, -0.25) is 9.00 Å². The third kappa shape index (κ3) is 7.02. The molecular weight excluding hydrogens is 583 g/mol. The van der Waals surface area contributed by atoms with E-state index in [2.05, 4.69) is 10.1 Å². The second kappa shape index (κ2) is 13.9. The lowest BCUT2D eigenvalue weighted by Crippen LogP contribution is -2.06. The summed E-state index contributed by atoms with van der Waals surface area (Å²) in [5, 5.41) is 12.9. The zero-order chi connectivity index (χ0) is 29.5. The Morgan fingerprint density at radius 2 is 1.66 bits per heavy atom. The number of aliphatic hydroxyl groups is 1. The summed E-state index contributed by atoms with van der Waals surface area (Å²) in [6.45, 7) is 4.21. The molecule has 1 N–H and O–H groups in total. The predicted molar refractivity (Wildman–Crippen MR) is 162 cm³/mol. The number of aldehydes is 1. The largest absolute Gasteiger partial charge is 0.489 e. The van der Waals surface area contributed by atoms with Crippen LogP contribution in [0.2, 0.25) is 10.0 Å².